The van der Waals surface area contributed by atoms with E-state index in [0.29, 0.717) is 18.0 Å². The Hall–Kier alpha value is -1.36. The monoisotopic (exact) mass is 237 g/mol. The van der Waals surface area contributed by atoms with Crippen LogP contribution < -0.4 is 10.1 Å². The van der Waals surface area contributed by atoms with E-state index >= 15 is 0 Å². The SMILES string of the molecule is CCOC1CC(Nc2ncnc(OC)c2C)C1. The second-order valence-electron chi connectivity index (χ2n) is 4.25. The normalized spacial score (nSPS) is 23.0. The number of nitrogens with one attached hydrogen (secondary N) is 1. The molecule has 0 radical (unpaired) electrons. The molecule has 0 atom stereocenters. The number of nitrogens with zero attached hydrogens (tertiary/aromatic N) is 2. The molecule has 17 heavy (non-hydrogen) atoms. The topological polar surface area (TPSA) is 56.3 Å². The summed E-state index contributed by atoms with van der Waals surface area (Å²) in [5.74, 6) is 1.49. The van der Waals surface area contributed by atoms with E-state index in [1.165, 1.54) is 6.33 Å². The van der Waals surface area contributed by atoms with Gasteiger partial charge in [0.1, 0.15) is 12.1 Å². The molecule has 1 aliphatic carbocycles. The minimum absolute atomic E-state index is 0.404. The Bertz CT molecular complexity index is 378. The molecule has 2 rings (SSSR count). The summed E-state index contributed by atoms with van der Waals surface area (Å²) in [6.45, 7) is 4.78. The molecule has 0 aromatic carbocycles. The molecule has 0 amide bonds. The van der Waals surface area contributed by atoms with Crippen LogP contribution in [-0.2, 0) is 4.74 Å². The van der Waals surface area contributed by atoms with Gasteiger partial charge in [-0.1, -0.05) is 0 Å². The summed E-state index contributed by atoms with van der Waals surface area (Å²) in [7, 11) is 1.62. The van der Waals surface area contributed by atoms with E-state index in [1.54, 1.807) is 7.11 Å². The highest BCUT2D eigenvalue weighted by Gasteiger charge is 2.30. The van der Waals surface area contributed by atoms with Crippen LogP contribution in [0.3, 0.4) is 0 Å². The molecule has 1 heterocycles. The highest BCUT2D eigenvalue weighted by Crippen LogP contribution is 2.28. The van der Waals surface area contributed by atoms with Crippen LogP contribution in [0.15, 0.2) is 6.33 Å². The molecular weight excluding hydrogens is 218 g/mol. The van der Waals surface area contributed by atoms with Gasteiger partial charge in [0.25, 0.3) is 0 Å². The third-order valence-electron chi connectivity index (χ3n) is 3.07. The molecular formula is C12H19N3O2. The van der Waals surface area contributed by atoms with E-state index in [0.717, 1.165) is 30.8 Å². The number of hydrogen-bond acceptors (Lipinski definition) is 5. The number of aromatic nitrogens is 2. The maximum absolute atomic E-state index is 5.52. The molecule has 1 aliphatic rings. The molecule has 0 bridgehead atoms. The lowest BCUT2D eigenvalue weighted by atomic mass is 9.89. The molecule has 0 saturated heterocycles. The van der Waals surface area contributed by atoms with Crippen LogP contribution in [-0.4, -0.2) is 35.8 Å². The minimum Gasteiger partial charge on any atom is -0.481 e. The van der Waals surface area contributed by atoms with Crippen LogP contribution in [0.4, 0.5) is 5.82 Å². The Morgan fingerprint density at radius 3 is 2.82 bits per heavy atom. The molecule has 94 valence electrons. The summed E-state index contributed by atoms with van der Waals surface area (Å²) in [4.78, 5) is 8.29. The molecule has 5 nitrogen and oxygen atoms in total. The maximum Gasteiger partial charge on any atom is 0.221 e. The zero-order valence-electron chi connectivity index (χ0n) is 10.6. The van der Waals surface area contributed by atoms with Crippen molar-refractivity contribution in [2.75, 3.05) is 19.0 Å². The third kappa shape index (κ3) is 2.66. The van der Waals surface area contributed by atoms with Crippen molar-refractivity contribution in [3.8, 4) is 5.88 Å². The summed E-state index contributed by atoms with van der Waals surface area (Å²) < 4.78 is 10.7. The van der Waals surface area contributed by atoms with Gasteiger partial charge in [-0.05, 0) is 26.7 Å². The molecule has 1 N–H and O–H groups in total. The Kier molecular flexibility index (Phi) is 3.78. The summed E-state index contributed by atoms with van der Waals surface area (Å²) in [5, 5.41) is 3.40. The predicted molar refractivity (Wildman–Crippen MR) is 65.4 cm³/mol. The van der Waals surface area contributed by atoms with Crippen molar-refractivity contribution >= 4 is 5.82 Å². The molecule has 1 fully saturated rings. The van der Waals surface area contributed by atoms with Gasteiger partial charge < -0.3 is 14.8 Å². The van der Waals surface area contributed by atoms with Crippen molar-refractivity contribution in [1.29, 1.82) is 0 Å². The summed E-state index contributed by atoms with van der Waals surface area (Å²) in [5.41, 5.74) is 0.954. The Labute approximate surface area is 102 Å². The lowest BCUT2D eigenvalue weighted by Gasteiger charge is -2.35. The van der Waals surface area contributed by atoms with Crippen LogP contribution >= 0.6 is 0 Å². The van der Waals surface area contributed by atoms with Gasteiger partial charge in [0.2, 0.25) is 5.88 Å². The number of ether oxygens (including phenoxy) is 2. The molecule has 5 heteroatoms. The molecule has 1 aromatic heterocycles. The fourth-order valence-electron chi connectivity index (χ4n) is 2.03. The van der Waals surface area contributed by atoms with Crippen molar-refractivity contribution in [3.05, 3.63) is 11.9 Å². The highest BCUT2D eigenvalue weighted by atomic mass is 16.5. The van der Waals surface area contributed by atoms with Crippen molar-refractivity contribution in [2.45, 2.75) is 38.8 Å². The first-order chi connectivity index (χ1) is 8.24. The van der Waals surface area contributed by atoms with Crippen molar-refractivity contribution in [3.63, 3.8) is 0 Å². The van der Waals surface area contributed by atoms with Crippen LogP contribution in [0.2, 0.25) is 0 Å². The molecule has 1 saturated carbocycles. The smallest absolute Gasteiger partial charge is 0.221 e. The maximum atomic E-state index is 5.52. The van der Waals surface area contributed by atoms with Gasteiger partial charge in [0.05, 0.1) is 18.8 Å². The second-order valence-corrected chi connectivity index (χ2v) is 4.25. The summed E-state index contributed by atoms with van der Waals surface area (Å²) in [6.07, 6.45) is 4.01. The van der Waals surface area contributed by atoms with Crippen molar-refractivity contribution < 1.29 is 9.47 Å². The minimum atomic E-state index is 0.404. The summed E-state index contributed by atoms with van der Waals surface area (Å²) in [6, 6.07) is 0.449. The van der Waals surface area contributed by atoms with Crippen LogP contribution in [0, 0.1) is 6.92 Å². The predicted octanol–water partition coefficient (Wildman–Crippen LogP) is 1.77. The zero-order valence-corrected chi connectivity index (χ0v) is 10.6. The standard InChI is InChI=1S/C12H19N3O2/c1-4-17-10-5-9(6-10)15-11-8(2)12(16-3)14-7-13-11/h7,9-10H,4-6H2,1-3H3,(H,13,14,15). The van der Waals surface area contributed by atoms with Gasteiger partial charge in [-0.15, -0.1) is 0 Å². The molecule has 1 aromatic rings. The Morgan fingerprint density at radius 1 is 1.41 bits per heavy atom. The zero-order chi connectivity index (χ0) is 12.3. The average Bonchev–Trinajstić information content (AvgIpc) is 2.28. The van der Waals surface area contributed by atoms with E-state index in [2.05, 4.69) is 15.3 Å². The fourth-order valence-corrected chi connectivity index (χ4v) is 2.03. The van der Waals surface area contributed by atoms with E-state index in [9.17, 15) is 0 Å². The number of rotatable bonds is 5. The van der Waals surface area contributed by atoms with E-state index < -0.39 is 0 Å². The highest BCUT2D eigenvalue weighted by molar-refractivity contribution is 5.48. The lowest BCUT2D eigenvalue weighted by molar-refractivity contribution is 0.00291. The third-order valence-corrected chi connectivity index (χ3v) is 3.07. The summed E-state index contributed by atoms with van der Waals surface area (Å²) >= 11 is 0. The van der Waals surface area contributed by atoms with E-state index in [4.69, 9.17) is 9.47 Å². The van der Waals surface area contributed by atoms with Gasteiger partial charge in [-0.25, -0.2) is 9.97 Å². The number of hydrogen-bond donors (Lipinski definition) is 1. The number of methoxy groups -OCH3 is 1. The average molecular weight is 237 g/mol. The quantitative estimate of drug-likeness (QED) is 0.845. The lowest BCUT2D eigenvalue weighted by Crippen LogP contribution is -2.41. The molecule has 0 aliphatic heterocycles. The first-order valence-corrected chi connectivity index (χ1v) is 5.98. The van der Waals surface area contributed by atoms with E-state index in [1.807, 2.05) is 13.8 Å². The van der Waals surface area contributed by atoms with Gasteiger partial charge >= 0.3 is 0 Å². The van der Waals surface area contributed by atoms with Gasteiger partial charge in [-0.3, -0.25) is 0 Å². The fraction of sp³-hybridized carbons (Fsp3) is 0.667. The Morgan fingerprint density at radius 2 is 2.18 bits per heavy atom. The van der Waals surface area contributed by atoms with Crippen LogP contribution in [0.1, 0.15) is 25.3 Å². The van der Waals surface area contributed by atoms with Gasteiger partial charge in [0, 0.05) is 12.6 Å². The first kappa shape index (κ1) is 12.1. The number of anilines is 1. The van der Waals surface area contributed by atoms with Gasteiger partial charge in [0.15, 0.2) is 0 Å². The molecule has 0 unspecified atom stereocenters. The molecule has 0 spiro atoms. The Balaban J connectivity index is 1.92. The van der Waals surface area contributed by atoms with E-state index in [-0.39, 0.29) is 0 Å². The van der Waals surface area contributed by atoms with Crippen LogP contribution in [0.5, 0.6) is 5.88 Å². The van der Waals surface area contributed by atoms with Crippen molar-refractivity contribution in [2.24, 2.45) is 0 Å². The van der Waals surface area contributed by atoms with Crippen LogP contribution in [0.25, 0.3) is 0 Å². The first-order valence-electron chi connectivity index (χ1n) is 5.98. The second kappa shape index (κ2) is 5.31. The van der Waals surface area contributed by atoms with Crippen molar-refractivity contribution in [1.82, 2.24) is 9.97 Å². The largest absolute Gasteiger partial charge is 0.481 e. The van der Waals surface area contributed by atoms with Gasteiger partial charge in [-0.2, -0.15) is 0 Å².